The van der Waals surface area contributed by atoms with Crippen molar-refractivity contribution in [3.63, 3.8) is 0 Å². The predicted molar refractivity (Wildman–Crippen MR) is 137 cm³/mol. The Labute approximate surface area is 208 Å². The number of aliphatic hydroxyl groups excluding tert-OH is 1. The van der Waals surface area contributed by atoms with Crippen LogP contribution >= 0.6 is 0 Å². The summed E-state index contributed by atoms with van der Waals surface area (Å²) in [7, 11) is 6.89. The van der Waals surface area contributed by atoms with Gasteiger partial charge in [-0.25, -0.2) is 0 Å². The minimum absolute atomic E-state index is 0.0928. The van der Waals surface area contributed by atoms with Crippen molar-refractivity contribution in [2.24, 2.45) is 5.92 Å². The number of ether oxygens (including phenoxy) is 4. The summed E-state index contributed by atoms with van der Waals surface area (Å²) in [6, 6.07) is 25.6. The molecule has 183 valence electrons. The van der Waals surface area contributed by atoms with E-state index in [1.807, 2.05) is 73.7 Å². The maximum atomic E-state index is 10.7. The Kier molecular flexibility index (Phi) is 8.13. The van der Waals surface area contributed by atoms with Gasteiger partial charge in [0.15, 0.2) is 0 Å². The van der Waals surface area contributed by atoms with Gasteiger partial charge in [0.1, 0.15) is 17.1 Å². The van der Waals surface area contributed by atoms with Crippen LogP contribution in [0.1, 0.15) is 23.6 Å². The van der Waals surface area contributed by atoms with Crippen LogP contribution in [-0.2, 0) is 15.1 Å². The molecule has 0 saturated carbocycles. The summed E-state index contributed by atoms with van der Waals surface area (Å²) in [5.74, 6) is 1.45. The molecule has 7 heteroatoms. The van der Waals surface area contributed by atoms with Crippen LogP contribution in [0.25, 0.3) is 0 Å². The first-order valence-electron chi connectivity index (χ1n) is 11.9. The molecule has 0 aliphatic carbocycles. The highest BCUT2D eigenvalue weighted by Gasteiger charge is 2.44. The molecule has 4 rings (SSSR count). The second-order valence-electron chi connectivity index (χ2n) is 8.76. The average Bonchev–Trinajstić information content (AvgIpc) is 3.18. The molecule has 1 aliphatic rings. The van der Waals surface area contributed by atoms with Crippen LogP contribution in [0.4, 0.5) is 0 Å². The number of hydrogen-bond acceptors (Lipinski definition) is 6. The van der Waals surface area contributed by atoms with E-state index < -0.39 is 17.7 Å². The van der Waals surface area contributed by atoms with E-state index in [4.69, 9.17) is 18.9 Å². The second-order valence-corrected chi connectivity index (χ2v) is 8.76. The van der Waals surface area contributed by atoms with E-state index in [2.05, 4.69) is 17.4 Å². The molecule has 2 N–H and O–H groups in total. The number of hydrogen-bond donors (Lipinski definition) is 2. The van der Waals surface area contributed by atoms with Gasteiger partial charge >= 0.3 is 0 Å². The lowest BCUT2D eigenvalue weighted by atomic mass is 9.79. The van der Waals surface area contributed by atoms with E-state index in [1.54, 1.807) is 28.7 Å². The fraction of sp³-hybridized carbons (Fsp3) is 0.357. The topological polar surface area (TPSA) is 69.2 Å². The van der Waals surface area contributed by atoms with Crippen LogP contribution in [0.2, 0.25) is 0 Å². The van der Waals surface area contributed by atoms with Crippen LogP contribution < -0.4 is 14.7 Å². The quantitative estimate of drug-likeness (QED) is 0.346. The van der Waals surface area contributed by atoms with Gasteiger partial charge < -0.3 is 29.3 Å². The maximum Gasteiger partial charge on any atom is 0.244 e. The van der Waals surface area contributed by atoms with E-state index in [9.17, 15) is 5.11 Å². The third-order valence-corrected chi connectivity index (χ3v) is 6.76. The van der Waals surface area contributed by atoms with Crippen molar-refractivity contribution in [3.8, 4) is 11.5 Å². The molecular weight excluding hydrogens is 441 g/mol. The zero-order valence-corrected chi connectivity index (χ0v) is 20.7. The summed E-state index contributed by atoms with van der Waals surface area (Å²) < 4.78 is 23.9. The Morgan fingerprint density at radius 2 is 1.37 bits per heavy atom. The molecule has 1 unspecified atom stereocenters. The first-order valence-corrected chi connectivity index (χ1v) is 11.9. The number of rotatable bonds is 10. The second kappa shape index (κ2) is 11.3. The van der Waals surface area contributed by atoms with Crippen molar-refractivity contribution in [2.45, 2.75) is 30.7 Å². The van der Waals surface area contributed by atoms with Crippen molar-refractivity contribution >= 4 is 7.41 Å². The first kappa shape index (κ1) is 25.3. The van der Waals surface area contributed by atoms with Gasteiger partial charge in [-0.05, 0) is 48.0 Å². The van der Waals surface area contributed by atoms with Crippen LogP contribution in [-0.4, -0.2) is 58.6 Å². The van der Waals surface area contributed by atoms with Crippen LogP contribution in [0.3, 0.4) is 0 Å². The van der Waals surface area contributed by atoms with Crippen molar-refractivity contribution in [3.05, 3.63) is 95.6 Å². The largest absolute Gasteiger partial charge is 0.497 e. The fourth-order valence-electron chi connectivity index (χ4n) is 4.70. The summed E-state index contributed by atoms with van der Waals surface area (Å²) in [6.45, 7) is 2.28. The van der Waals surface area contributed by atoms with Crippen molar-refractivity contribution < 1.29 is 24.1 Å². The molecule has 1 radical (unpaired) electrons. The van der Waals surface area contributed by atoms with Gasteiger partial charge in [0.05, 0.1) is 39.0 Å². The van der Waals surface area contributed by atoms with Gasteiger partial charge in [-0.3, -0.25) is 0 Å². The van der Waals surface area contributed by atoms with E-state index in [1.165, 1.54) is 0 Å². The zero-order chi connectivity index (χ0) is 24.8. The lowest BCUT2D eigenvalue weighted by Gasteiger charge is -2.37. The van der Waals surface area contributed by atoms with Crippen LogP contribution in [0, 0.1) is 5.92 Å². The first-order chi connectivity index (χ1) is 17.0. The highest BCUT2D eigenvalue weighted by atomic mass is 16.6. The fourth-order valence-corrected chi connectivity index (χ4v) is 4.70. The molecule has 1 fully saturated rings. The molecule has 35 heavy (non-hydrogen) atoms. The van der Waals surface area contributed by atoms with Crippen molar-refractivity contribution in [1.82, 2.24) is 5.23 Å². The number of aliphatic hydroxyl groups is 1. The lowest BCUT2D eigenvalue weighted by molar-refractivity contribution is -0.0594. The molecular formula is C28H33BNO5. The normalized spacial score (nSPS) is 22.1. The van der Waals surface area contributed by atoms with Crippen LogP contribution in [0.5, 0.6) is 11.5 Å². The molecule has 0 amide bonds. The molecule has 3 aromatic carbocycles. The summed E-state index contributed by atoms with van der Waals surface area (Å²) in [6.07, 6.45) is -0.886. The Bertz CT molecular complexity index is 1010. The summed E-state index contributed by atoms with van der Waals surface area (Å²) in [4.78, 5) is 0. The Balaban J connectivity index is 1.79. The average molecular weight is 474 g/mol. The van der Waals surface area contributed by atoms with Crippen molar-refractivity contribution in [2.75, 3.05) is 27.9 Å². The van der Waals surface area contributed by atoms with Gasteiger partial charge in [-0.2, -0.15) is 0 Å². The van der Waals surface area contributed by atoms with E-state index >= 15 is 0 Å². The third-order valence-electron chi connectivity index (χ3n) is 6.76. The molecule has 6 nitrogen and oxygen atoms in total. The highest BCUT2D eigenvalue weighted by Crippen LogP contribution is 2.42. The molecule has 0 aromatic heterocycles. The monoisotopic (exact) mass is 474 g/mol. The number of methoxy groups -OCH3 is 2. The minimum Gasteiger partial charge on any atom is -0.497 e. The van der Waals surface area contributed by atoms with Gasteiger partial charge in [0.25, 0.3) is 0 Å². The smallest absolute Gasteiger partial charge is 0.244 e. The summed E-state index contributed by atoms with van der Waals surface area (Å²) >= 11 is 0. The molecule has 1 saturated heterocycles. The molecule has 0 spiro atoms. The maximum absolute atomic E-state index is 10.7. The highest BCUT2D eigenvalue weighted by molar-refractivity contribution is 6.34. The van der Waals surface area contributed by atoms with Crippen molar-refractivity contribution in [1.29, 1.82) is 0 Å². The summed E-state index contributed by atoms with van der Waals surface area (Å²) in [5.41, 5.74) is 1.98. The molecule has 1 heterocycles. The number of benzene rings is 3. The van der Waals surface area contributed by atoms with Gasteiger partial charge in [0.2, 0.25) is 7.41 Å². The van der Waals surface area contributed by atoms with Crippen LogP contribution in [0.15, 0.2) is 78.9 Å². The molecule has 1 aliphatic heterocycles. The molecule has 4 atom stereocenters. The zero-order valence-electron chi connectivity index (χ0n) is 20.7. The predicted octanol–water partition coefficient (Wildman–Crippen LogP) is 3.57. The lowest BCUT2D eigenvalue weighted by Crippen LogP contribution is -2.37. The standard InChI is InChI=1S/C28H33BNO5/c1-19-25(35-27(26(19)31)29-30-2)18-34-28(20-8-6-5-7-9-20,21-10-14-23(32-3)15-11-21)22-12-16-24(33-4)17-13-22/h5-17,19,25-27,30-31H,18H2,1-4H3/t19-,25+,26?,27+/m0/s1. The molecule has 0 bridgehead atoms. The van der Waals surface area contributed by atoms with Gasteiger partial charge in [-0.15, -0.1) is 0 Å². The minimum atomic E-state index is -0.918. The summed E-state index contributed by atoms with van der Waals surface area (Å²) in [5, 5.41) is 13.7. The Hall–Kier alpha value is -2.84. The van der Waals surface area contributed by atoms with E-state index in [0.29, 0.717) is 6.61 Å². The van der Waals surface area contributed by atoms with Gasteiger partial charge in [-0.1, -0.05) is 61.5 Å². The number of nitrogens with one attached hydrogen (secondary N) is 1. The molecule has 3 aromatic rings. The Morgan fingerprint density at radius 3 is 1.86 bits per heavy atom. The Morgan fingerprint density at radius 1 is 0.857 bits per heavy atom. The van der Waals surface area contributed by atoms with Gasteiger partial charge in [0, 0.05) is 5.92 Å². The van der Waals surface area contributed by atoms with E-state index in [0.717, 1.165) is 28.2 Å². The SMILES string of the molecule is CN[B][C@@H]1O[C@H](COC(c2ccccc2)(c2ccc(OC)cc2)c2ccc(OC)cc2)[C@H](C)C1O. The van der Waals surface area contributed by atoms with E-state index in [-0.39, 0.29) is 12.0 Å². The third kappa shape index (κ3) is 5.09.